The number of benzene rings is 1. The third-order valence-electron chi connectivity index (χ3n) is 4.93. The fourth-order valence-electron chi connectivity index (χ4n) is 3.52. The minimum Gasteiger partial charge on any atom is -0.348 e. The first kappa shape index (κ1) is 15.6. The van der Waals surface area contributed by atoms with E-state index < -0.39 is 0 Å². The number of hydrogen-bond acceptors (Lipinski definition) is 4. The van der Waals surface area contributed by atoms with Gasteiger partial charge in [-0.1, -0.05) is 12.1 Å². The molecule has 128 valence electrons. The Kier molecular flexibility index (Phi) is 3.83. The summed E-state index contributed by atoms with van der Waals surface area (Å²) in [5.41, 5.74) is 0.744. The number of nitrogens with zero attached hydrogens (tertiary/aromatic N) is 3. The Labute approximate surface area is 144 Å². The summed E-state index contributed by atoms with van der Waals surface area (Å²) >= 11 is 0. The quantitative estimate of drug-likeness (QED) is 0.858. The Bertz CT molecular complexity index is 788. The Morgan fingerprint density at radius 1 is 1.12 bits per heavy atom. The highest BCUT2D eigenvalue weighted by Gasteiger charge is 2.37. The van der Waals surface area contributed by atoms with Crippen LogP contribution in [0.1, 0.15) is 45.3 Å². The Morgan fingerprint density at radius 3 is 2.32 bits per heavy atom. The molecule has 1 aromatic heterocycles. The third-order valence-corrected chi connectivity index (χ3v) is 4.93. The number of likely N-dealkylation sites (tertiary alicyclic amines) is 1. The molecule has 1 N–H and O–H groups in total. The molecule has 25 heavy (non-hydrogen) atoms. The van der Waals surface area contributed by atoms with E-state index in [0.29, 0.717) is 30.1 Å². The molecule has 2 aliphatic rings. The lowest BCUT2D eigenvalue weighted by Gasteiger charge is -2.32. The van der Waals surface area contributed by atoms with Crippen molar-refractivity contribution in [1.29, 1.82) is 0 Å². The number of piperidine rings is 1. The summed E-state index contributed by atoms with van der Waals surface area (Å²) < 4.78 is 0. The van der Waals surface area contributed by atoms with E-state index >= 15 is 0 Å². The van der Waals surface area contributed by atoms with Crippen LogP contribution in [0.25, 0.3) is 0 Å². The smallest absolute Gasteiger partial charge is 0.262 e. The Morgan fingerprint density at radius 2 is 1.76 bits per heavy atom. The number of carbonyl (C=O) groups is 3. The molecule has 2 aliphatic heterocycles. The zero-order chi connectivity index (χ0) is 17.4. The summed E-state index contributed by atoms with van der Waals surface area (Å²) in [7, 11) is 0. The van der Waals surface area contributed by atoms with Crippen molar-refractivity contribution in [2.45, 2.75) is 18.8 Å². The van der Waals surface area contributed by atoms with Crippen LogP contribution in [0.15, 0.2) is 36.7 Å². The predicted octanol–water partition coefficient (Wildman–Crippen LogP) is 1.41. The SMILES string of the molecule is O=C(CN1C(=O)c2ccccc2C1=O)N1CCC(c2ncc[nH]2)CC1. The molecule has 1 aromatic carbocycles. The summed E-state index contributed by atoms with van der Waals surface area (Å²) in [6.07, 6.45) is 5.17. The summed E-state index contributed by atoms with van der Waals surface area (Å²) in [5.74, 6) is 0.303. The molecule has 4 rings (SSSR count). The molecular weight excluding hydrogens is 320 g/mol. The number of rotatable bonds is 3. The van der Waals surface area contributed by atoms with Gasteiger partial charge in [0, 0.05) is 31.4 Å². The maximum absolute atomic E-state index is 12.5. The number of carbonyl (C=O) groups excluding carboxylic acids is 3. The van der Waals surface area contributed by atoms with Gasteiger partial charge in [-0.3, -0.25) is 19.3 Å². The van der Waals surface area contributed by atoms with E-state index in [1.54, 1.807) is 41.6 Å². The first-order valence-electron chi connectivity index (χ1n) is 8.37. The highest BCUT2D eigenvalue weighted by Crippen LogP contribution is 2.26. The van der Waals surface area contributed by atoms with Gasteiger partial charge in [0.25, 0.3) is 11.8 Å². The van der Waals surface area contributed by atoms with Crippen LogP contribution in [0, 0.1) is 0 Å². The number of imidazole rings is 1. The zero-order valence-electron chi connectivity index (χ0n) is 13.6. The van der Waals surface area contributed by atoms with E-state index in [-0.39, 0.29) is 24.3 Å². The van der Waals surface area contributed by atoms with E-state index in [1.165, 1.54) is 0 Å². The number of amides is 3. The summed E-state index contributed by atoms with van der Waals surface area (Å²) in [4.78, 5) is 47.4. The van der Waals surface area contributed by atoms with E-state index in [4.69, 9.17) is 0 Å². The van der Waals surface area contributed by atoms with Crippen LogP contribution in [-0.2, 0) is 4.79 Å². The van der Waals surface area contributed by atoms with Gasteiger partial charge in [-0.2, -0.15) is 0 Å². The average Bonchev–Trinajstić information content (AvgIpc) is 3.26. The van der Waals surface area contributed by atoms with Crippen molar-refractivity contribution in [3.63, 3.8) is 0 Å². The van der Waals surface area contributed by atoms with Crippen LogP contribution in [0.2, 0.25) is 0 Å². The predicted molar refractivity (Wildman–Crippen MR) is 89.0 cm³/mol. The number of nitrogens with one attached hydrogen (secondary N) is 1. The molecule has 0 saturated carbocycles. The van der Waals surface area contributed by atoms with E-state index in [2.05, 4.69) is 9.97 Å². The van der Waals surface area contributed by atoms with Crippen LogP contribution in [0.5, 0.6) is 0 Å². The lowest BCUT2D eigenvalue weighted by molar-refractivity contribution is -0.132. The minimum atomic E-state index is -0.389. The normalized spacial score (nSPS) is 17.9. The molecule has 1 saturated heterocycles. The monoisotopic (exact) mass is 338 g/mol. The maximum atomic E-state index is 12.5. The van der Waals surface area contributed by atoms with Crippen molar-refractivity contribution in [2.75, 3.05) is 19.6 Å². The highest BCUT2D eigenvalue weighted by atomic mass is 16.2. The van der Waals surface area contributed by atoms with Crippen molar-refractivity contribution < 1.29 is 14.4 Å². The summed E-state index contributed by atoms with van der Waals surface area (Å²) in [5, 5.41) is 0. The molecule has 0 atom stereocenters. The molecule has 7 nitrogen and oxygen atoms in total. The second-order valence-corrected chi connectivity index (χ2v) is 6.37. The third kappa shape index (κ3) is 2.71. The van der Waals surface area contributed by atoms with Gasteiger partial charge in [0.15, 0.2) is 0 Å². The van der Waals surface area contributed by atoms with Crippen LogP contribution in [0.3, 0.4) is 0 Å². The second-order valence-electron chi connectivity index (χ2n) is 6.37. The zero-order valence-corrected chi connectivity index (χ0v) is 13.6. The fourth-order valence-corrected chi connectivity index (χ4v) is 3.52. The van der Waals surface area contributed by atoms with E-state index in [9.17, 15) is 14.4 Å². The molecule has 0 spiro atoms. The molecule has 0 radical (unpaired) electrons. The largest absolute Gasteiger partial charge is 0.348 e. The molecule has 3 heterocycles. The van der Waals surface area contributed by atoms with Gasteiger partial charge in [0.2, 0.25) is 5.91 Å². The summed E-state index contributed by atoms with van der Waals surface area (Å²) in [6.45, 7) is 1.01. The number of H-pyrrole nitrogens is 1. The Balaban J connectivity index is 1.39. The molecule has 0 bridgehead atoms. The standard InChI is InChI=1S/C18H18N4O3/c23-15(21-9-5-12(6-10-21)16-19-7-8-20-16)11-22-17(24)13-3-1-2-4-14(13)18(22)25/h1-4,7-8,12H,5-6,9-11H2,(H,19,20). The van der Waals surface area contributed by atoms with Crippen molar-refractivity contribution in [3.8, 4) is 0 Å². The van der Waals surface area contributed by atoms with Gasteiger partial charge < -0.3 is 9.88 Å². The molecule has 3 amide bonds. The lowest BCUT2D eigenvalue weighted by Crippen LogP contribution is -2.45. The minimum absolute atomic E-state index is 0.188. The first-order valence-corrected chi connectivity index (χ1v) is 8.37. The van der Waals surface area contributed by atoms with Crippen molar-refractivity contribution >= 4 is 17.7 Å². The van der Waals surface area contributed by atoms with Gasteiger partial charge in [-0.15, -0.1) is 0 Å². The molecule has 7 heteroatoms. The van der Waals surface area contributed by atoms with Crippen molar-refractivity contribution in [3.05, 3.63) is 53.6 Å². The van der Waals surface area contributed by atoms with Crippen LogP contribution in [0.4, 0.5) is 0 Å². The fraction of sp³-hybridized carbons (Fsp3) is 0.333. The lowest BCUT2D eigenvalue weighted by atomic mass is 9.96. The summed E-state index contributed by atoms with van der Waals surface area (Å²) in [6, 6.07) is 6.67. The van der Waals surface area contributed by atoms with E-state index in [0.717, 1.165) is 23.6 Å². The Hall–Kier alpha value is -2.96. The number of aromatic amines is 1. The molecule has 0 aliphatic carbocycles. The highest BCUT2D eigenvalue weighted by molar-refractivity contribution is 6.22. The van der Waals surface area contributed by atoms with Gasteiger partial charge >= 0.3 is 0 Å². The topological polar surface area (TPSA) is 86.4 Å². The van der Waals surface area contributed by atoms with Crippen LogP contribution < -0.4 is 0 Å². The van der Waals surface area contributed by atoms with Crippen molar-refractivity contribution in [2.24, 2.45) is 0 Å². The van der Waals surface area contributed by atoms with Gasteiger partial charge in [-0.25, -0.2) is 4.98 Å². The second kappa shape index (κ2) is 6.16. The van der Waals surface area contributed by atoms with E-state index in [1.807, 2.05) is 0 Å². The molecule has 2 aromatic rings. The maximum Gasteiger partial charge on any atom is 0.262 e. The van der Waals surface area contributed by atoms with Crippen LogP contribution in [-0.4, -0.2) is 57.1 Å². The molecule has 0 unspecified atom stereocenters. The van der Waals surface area contributed by atoms with Gasteiger partial charge in [-0.05, 0) is 25.0 Å². The first-order chi connectivity index (χ1) is 12.1. The van der Waals surface area contributed by atoms with Gasteiger partial charge in [0.1, 0.15) is 12.4 Å². The van der Waals surface area contributed by atoms with Crippen LogP contribution >= 0.6 is 0 Å². The number of hydrogen-bond donors (Lipinski definition) is 1. The molecule has 1 fully saturated rings. The number of imide groups is 1. The molecular formula is C18H18N4O3. The number of fused-ring (bicyclic) bond motifs is 1. The number of aromatic nitrogens is 2. The average molecular weight is 338 g/mol. The van der Waals surface area contributed by atoms with Crippen molar-refractivity contribution in [1.82, 2.24) is 19.8 Å². The van der Waals surface area contributed by atoms with Gasteiger partial charge in [0.05, 0.1) is 11.1 Å².